The van der Waals surface area contributed by atoms with Crippen LogP contribution >= 0.6 is 0 Å². The molecule has 0 aliphatic heterocycles. The molecule has 0 aliphatic rings. The average Bonchev–Trinajstić information content (AvgIpc) is 3.15. The van der Waals surface area contributed by atoms with Gasteiger partial charge in [0, 0.05) is 16.8 Å². The Kier molecular flexibility index (Phi) is 6.44. The van der Waals surface area contributed by atoms with Crippen LogP contribution in [0.5, 0.6) is 0 Å². The number of carbonyl (C=O) groups is 2. The van der Waals surface area contributed by atoms with Crippen molar-refractivity contribution >= 4 is 27.5 Å². The van der Waals surface area contributed by atoms with E-state index in [0.717, 1.165) is 22.2 Å². The number of aryl methyl sites for hydroxylation is 1. The molecular weight excluding hydrogens is 422 g/mol. The number of esters is 1. The molecule has 3 rings (SSSR count). The minimum Gasteiger partial charge on any atom is -0.453 e. The Hall–Kier alpha value is -3.60. The molecule has 11 heteroatoms. The van der Waals surface area contributed by atoms with Crippen LogP contribution in [0.25, 0.3) is 11.4 Å². The minimum atomic E-state index is -3.41. The number of rotatable bonds is 8. The third-order valence-electron chi connectivity index (χ3n) is 4.18. The summed E-state index contributed by atoms with van der Waals surface area (Å²) in [6.07, 6.45) is -0.0114. The molecule has 0 amide bonds. The number of carbonyl (C=O) groups excluding carboxylic acids is 2. The number of aromatic nitrogens is 4. The van der Waals surface area contributed by atoms with Crippen LogP contribution in [0.2, 0.25) is 0 Å². The predicted molar refractivity (Wildman–Crippen MR) is 113 cm³/mol. The van der Waals surface area contributed by atoms with Gasteiger partial charge in [-0.05, 0) is 43.3 Å². The van der Waals surface area contributed by atoms with Gasteiger partial charge in [0.2, 0.25) is 21.6 Å². The Labute approximate surface area is 179 Å². The van der Waals surface area contributed by atoms with Crippen molar-refractivity contribution in [3.05, 3.63) is 59.7 Å². The zero-order valence-corrected chi connectivity index (χ0v) is 18.0. The predicted octanol–water partition coefficient (Wildman–Crippen LogP) is 1.83. The molecule has 1 heterocycles. The minimum absolute atomic E-state index is 0.278. The number of benzene rings is 2. The SMILES string of the molecule is Cc1ccc(-c2nnn(CC(=O)OC(C)C(=O)c3ccc(NS(C)(=O)=O)cc3)n2)cc1. The number of ketones is 1. The van der Waals surface area contributed by atoms with Crippen molar-refractivity contribution < 1.29 is 22.7 Å². The molecule has 10 nitrogen and oxygen atoms in total. The molecule has 0 fully saturated rings. The summed E-state index contributed by atoms with van der Waals surface area (Å²) >= 11 is 0. The van der Waals surface area contributed by atoms with Crippen molar-refractivity contribution in [1.82, 2.24) is 20.2 Å². The van der Waals surface area contributed by atoms with E-state index in [1.165, 1.54) is 31.2 Å². The lowest BCUT2D eigenvalue weighted by atomic mass is 10.1. The molecule has 0 saturated carbocycles. The van der Waals surface area contributed by atoms with E-state index < -0.39 is 27.9 Å². The van der Waals surface area contributed by atoms with Gasteiger partial charge in [0.15, 0.2) is 12.6 Å². The topological polar surface area (TPSA) is 133 Å². The van der Waals surface area contributed by atoms with Crippen molar-refractivity contribution in [3.63, 3.8) is 0 Å². The van der Waals surface area contributed by atoms with Crippen LogP contribution < -0.4 is 4.72 Å². The summed E-state index contributed by atoms with van der Waals surface area (Å²) in [5, 5.41) is 11.9. The maximum atomic E-state index is 12.5. The third-order valence-corrected chi connectivity index (χ3v) is 4.79. The Morgan fingerprint density at radius 3 is 2.35 bits per heavy atom. The number of nitrogens with zero attached hydrogens (tertiary/aromatic N) is 4. The Bertz CT molecular complexity index is 1190. The maximum absolute atomic E-state index is 12.5. The molecule has 0 saturated heterocycles. The molecule has 0 spiro atoms. The van der Waals surface area contributed by atoms with Gasteiger partial charge in [-0.1, -0.05) is 29.8 Å². The summed E-state index contributed by atoms with van der Waals surface area (Å²) in [6, 6.07) is 13.4. The first kappa shape index (κ1) is 22.1. The lowest BCUT2D eigenvalue weighted by Crippen LogP contribution is -2.27. The number of sulfonamides is 1. The Morgan fingerprint density at radius 1 is 1.10 bits per heavy atom. The van der Waals surface area contributed by atoms with Crippen LogP contribution in [0, 0.1) is 6.92 Å². The van der Waals surface area contributed by atoms with Gasteiger partial charge < -0.3 is 4.74 Å². The highest BCUT2D eigenvalue weighted by atomic mass is 32.2. The molecule has 31 heavy (non-hydrogen) atoms. The number of Topliss-reactive ketones (excluding diaryl/α,β-unsaturated/α-hetero) is 1. The van der Waals surface area contributed by atoms with E-state index in [2.05, 4.69) is 20.1 Å². The lowest BCUT2D eigenvalue weighted by Gasteiger charge is -2.12. The zero-order valence-electron chi connectivity index (χ0n) is 17.1. The van der Waals surface area contributed by atoms with E-state index in [1.54, 1.807) is 0 Å². The third kappa shape index (κ3) is 6.19. The quantitative estimate of drug-likeness (QED) is 0.412. The van der Waals surface area contributed by atoms with E-state index in [0.29, 0.717) is 11.5 Å². The molecule has 0 aliphatic carbocycles. The first-order valence-electron chi connectivity index (χ1n) is 9.27. The molecule has 1 unspecified atom stereocenters. The fourth-order valence-corrected chi connectivity index (χ4v) is 3.25. The van der Waals surface area contributed by atoms with Crippen molar-refractivity contribution in [2.24, 2.45) is 0 Å². The molecule has 3 aromatic rings. The van der Waals surface area contributed by atoms with Crippen LogP contribution in [0.3, 0.4) is 0 Å². The summed E-state index contributed by atoms with van der Waals surface area (Å²) in [5.74, 6) is -0.741. The van der Waals surface area contributed by atoms with Gasteiger partial charge in [-0.2, -0.15) is 4.80 Å². The normalized spacial score (nSPS) is 12.2. The van der Waals surface area contributed by atoms with E-state index >= 15 is 0 Å². The van der Waals surface area contributed by atoms with Gasteiger partial charge in [0.25, 0.3) is 0 Å². The maximum Gasteiger partial charge on any atom is 0.330 e. The molecule has 0 radical (unpaired) electrons. The number of tetrazole rings is 1. The first-order chi connectivity index (χ1) is 14.6. The van der Waals surface area contributed by atoms with E-state index in [4.69, 9.17) is 4.74 Å². The standard InChI is InChI=1S/C20H21N5O5S/c1-13-4-6-16(7-5-13)20-21-24-25(22-20)12-18(26)30-14(2)19(27)15-8-10-17(11-9-15)23-31(3,28)29/h4-11,14,23H,12H2,1-3H3. The van der Waals surface area contributed by atoms with Crippen LogP contribution in [0.4, 0.5) is 5.69 Å². The summed E-state index contributed by atoms with van der Waals surface area (Å²) < 4.78 is 30.0. The molecule has 2 aromatic carbocycles. The van der Waals surface area contributed by atoms with Crippen LogP contribution in [-0.4, -0.2) is 52.7 Å². The van der Waals surface area contributed by atoms with E-state index in [9.17, 15) is 18.0 Å². The number of nitrogens with one attached hydrogen (secondary N) is 1. The highest BCUT2D eigenvalue weighted by molar-refractivity contribution is 7.92. The van der Waals surface area contributed by atoms with Gasteiger partial charge in [-0.3, -0.25) is 9.52 Å². The highest BCUT2D eigenvalue weighted by Crippen LogP contribution is 2.15. The van der Waals surface area contributed by atoms with Crippen LogP contribution in [0.15, 0.2) is 48.5 Å². The largest absolute Gasteiger partial charge is 0.453 e. The van der Waals surface area contributed by atoms with Crippen LogP contribution in [0.1, 0.15) is 22.8 Å². The monoisotopic (exact) mass is 443 g/mol. The van der Waals surface area contributed by atoms with E-state index in [-0.39, 0.29) is 12.1 Å². The fourth-order valence-electron chi connectivity index (χ4n) is 2.68. The summed E-state index contributed by atoms with van der Waals surface area (Å²) in [7, 11) is -3.41. The molecule has 1 aromatic heterocycles. The van der Waals surface area contributed by atoms with Gasteiger partial charge in [0.05, 0.1) is 6.26 Å². The van der Waals surface area contributed by atoms with Crippen LogP contribution in [-0.2, 0) is 26.1 Å². The highest BCUT2D eigenvalue weighted by Gasteiger charge is 2.20. The number of hydrogen-bond acceptors (Lipinski definition) is 8. The first-order valence-corrected chi connectivity index (χ1v) is 11.2. The number of ether oxygens (including phenoxy) is 1. The smallest absolute Gasteiger partial charge is 0.330 e. The number of anilines is 1. The lowest BCUT2D eigenvalue weighted by molar-refractivity contribution is -0.147. The van der Waals surface area contributed by atoms with Crippen molar-refractivity contribution in [3.8, 4) is 11.4 Å². The second-order valence-electron chi connectivity index (χ2n) is 6.96. The average molecular weight is 443 g/mol. The zero-order chi connectivity index (χ0) is 22.6. The van der Waals surface area contributed by atoms with Gasteiger partial charge in [-0.15, -0.1) is 10.2 Å². The van der Waals surface area contributed by atoms with Crippen molar-refractivity contribution in [2.75, 3.05) is 11.0 Å². The molecule has 162 valence electrons. The number of hydrogen-bond donors (Lipinski definition) is 1. The second-order valence-corrected chi connectivity index (χ2v) is 8.71. The fraction of sp³-hybridized carbons (Fsp3) is 0.250. The molecule has 1 atom stereocenters. The van der Waals surface area contributed by atoms with Gasteiger partial charge in [-0.25, -0.2) is 13.2 Å². The Balaban J connectivity index is 1.58. The molecular formula is C20H21N5O5S. The van der Waals surface area contributed by atoms with Gasteiger partial charge >= 0.3 is 5.97 Å². The van der Waals surface area contributed by atoms with Gasteiger partial charge in [0.1, 0.15) is 0 Å². The summed E-state index contributed by atoms with van der Waals surface area (Å²) in [5.41, 5.74) is 2.47. The van der Waals surface area contributed by atoms with Crippen molar-refractivity contribution in [1.29, 1.82) is 0 Å². The Morgan fingerprint density at radius 2 is 1.74 bits per heavy atom. The van der Waals surface area contributed by atoms with Crippen molar-refractivity contribution in [2.45, 2.75) is 26.5 Å². The summed E-state index contributed by atoms with van der Waals surface area (Å²) in [4.78, 5) is 25.8. The molecule has 0 bridgehead atoms. The second kappa shape index (κ2) is 9.04. The molecule has 1 N–H and O–H groups in total. The summed E-state index contributed by atoms with van der Waals surface area (Å²) in [6.45, 7) is 3.12. The van der Waals surface area contributed by atoms with E-state index in [1.807, 2.05) is 31.2 Å².